The Morgan fingerprint density at radius 1 is 1.44 bits per heavy atom. The first-order chi connectivity index (χ1) is 8.40. The van der Waals surface area contributed by atoms with Crippen LogP contribution in [0.4, 0.5) is 0 Å². The van der Waals surface area contributed by atoms with Crippen LogP contribution in [-0.4, -0.2) is 27.7 Å². The van der Waals surface area contributed by atoms with Gasteiger partial charge < -0.3 is 4.57 Å². The van der Waals surface area contributed by atoms with Gasteiger partial charge in [0.2, 0.25) is 5.03 Å². The highest BCUT2D eigenvalue weighted by atomic mass is 35.5. The summed E-state index contributed by atoms with van der Waals surface area (Å²) in [5, 5.41) is 3.96. The fraction of sp³-hybridized carbons (Fsp3) is 0.333. The zero-order valence-electron chi connectivity index (χ0n) is 9.83. The number of rotatable bonds is 4. The molecule has 0 unspecified atom stereocenters. The maximum Gasteiger partial charge on any atom is 0.261 e. The molecule has 0 saturated carbocycles. The van der Waals surface area contributed by atoms with Gasteiger partial charge in [-0.3, -0.25) is 4.68 Å². The van der Waals surface area contributed by atoms with Crippen molar-refractivity contribution >= 4 is 21.6 Å². The van der Waals surface area contributed by atoms with Gasteiger partial charge in [0.1, 0.15) is 5.15 Å². The SMILES string of the molecule is Cn1ccc(CNS(=O)(=O)c2ncn(C)c2Cl)n1. The maximum atomic E-state index is 11.9. The van der Waals surface area contributed by atoms with Crippen molar-refractivity contribution in [2.45, 2.75) is 11.6 Å². The molecule has 0 aliphatic rings. The number of imidazole rings is 1. The van der Waals surface area contributed by atoms with Gasteiger partial charge in [0.05, 0.1) is 18.6 Å². The van der Waals surface area contributed by atoms with E-state index in [4.69, 9.17) is 11.6 Å². The molecule has 2 aromatic heterocycles. The Kier molecular flexibility index (Phi) is 3.42. The third kappa shape index (κ3) is 2.55. The molecule has 0 aliphatic heterocycles. The molecule has 9 heteroatoms. The Hall–Kier alpha value is -1.38. The van der Waals surface area contributed by atoms with Crippen molar-refractivity contribution in [3.63, 3.8) is 0 Å². The fourth-order valence-corrected chi connectivity index (χ4v) is 2.79. The van der Waals surface area contributed by atoms with E-state index in [1.165, 1.54) is 10.9 Å². The molecule has 0 atom stereocenters. The Bertz CT molecular complexity index is 660. The molecule has 1 N–H and O–H groups in total. The lowest BCUT2D eigenvalue weighted by molar-refractivity contribution is 0.576. The summed E-state index contributed by atoms with van der Waals surface area (Å²) in [5.41, 5.74) is 0.619. The third-order valence-corrected chi connectivity index (χ3v) is 4.19. The highest BCUT2D eigenvalue weighted by molar-refractivity contribution is 7.89. The molecule has 7 nitrogen and oxygen atoms in total. The average Bonchev–Trinajstić information content (AvgIpc) is 2.85. The molecule has 0 aromatic carbocycles. The Morgan fingerprint density at radius 3 is 2.67 bits per heavy atom. The van der Waals surface area contributed by atoms with Gasteiger partial charge in [0.25, 0.3) is 10.0 Å². The van der Waals surface area contributed by atoms with Gasteiger partial charge in [-0.05, 0) is 6.07 Å². The Balaban J connectivity index is 2.15. The molecule has 2 rings (SSSR count). The lowest BCUT2D eigenvalue weighted by atomic mass is 10.4. The molecule has 0 spiro atoms. The van der Waals surface area contributed by atoms with Crippen molar-refractivity contribution in [1.29, 1.82) is 0 Å². The lowest BCUT2D eigenvalue weighted by Crippen LogP contribution is -2.24. The summed E-state index contributed by atoms with van der Waals surface area (Å²) >= 11 is 5.84. The maximum absolute atomic E-state index is 11.9. The second kappa shape index (κ2) is 4.71. The van der Waals surface area contributed by atoms with Crippen molar-refractivity contribution in [2.75, 3.05) is 0 Å². The lowest BCUT2D eigenvalue weighted by Gasteiger charge is -2.03. The number of halogens is 1. The first-order valence-corrected chi connectivity index (χ1v) is 6.91. The summed E-state index contributed by atoms with van der Waals surface area (Å²) in [6, 6.07) is 1.72. The molecule has 98 valence electrons. The molecule has 0 bridgehead atoms. The summed E-state index contributed by atoms with van der Waals surface area (Å²) in [4.78, 5) is 3.76. The number of aryl methyl sites for hydroxylation is 2. The smallest absolute Gasteiger partial charge is 0.261 e. The van der Waals surface area contributed by atoms with Crippen LogP contribution < -0.4 is 4.72 Å². The van der Waals surface area contributed by atoms with Crippen molar-refractivity contribution < 1.29 is 8.42 Å². The van der Waals surface area contributed by atoms with Gasteiger partial charge >= 0.3 is 0 Å². The molecule has 2 heterocycles. The molecule has 0 saturated heterocycles. The second-order valence-electron chi connectivity index (χ2n) is 3.76. The van der Waals surface area contributed by atoms with E-state index in [2.05, 4.69) is 14.8 Å². The van der Waals surface area contributed by atoms with E-state index in [0.717, 1.165) is 0 Å². The number of sulfonamides is 1. The number of nitrogens with one attached hydrogen (secondary N) is 1. The van der Waals surface area contributed by atoms with Crippen molar-refractivity contribution in [2.24, 2.45) is 14.1 Å². The van der Waals surface area contributed by atoms with E-state index in [1.54, 1.807) is 31.0 Å². The van der Waals surface area contributed by atoms with E-state index < -0.39 is 10.0 Å². The van der Waals surface area contributed by atoms with E-state index in [9.17, 15) is 8.42 Å². The normalized spacial score (nSPS) is 11.9. The molecule has 18 heavy (non-hydrogen) atoms. The van der Waals surface area contributed by atoms with Crippen LogP contribution in [0.2, 0.25) is 5.15 Å². The molecular formula is C9H12ClN5O2S. The summed E-state index contributed by atoms with van der Waals surface area (Å²) in [6.45, 7) is 0.0933. The number of hydrogen-bond acceptors (Lipinski definition) is 4. The van der Waals surface area contributed by atoms with E-state index in [0.29, 0.717) is 5.69 Å². The predicted octanol–water partition coefficient (Wildman–Crippen LogP) is 0.285. The van der Waals surface area contributed by atoms with Crippen molar-refractivity contribution in [3.8, 4) is 0 Å². The van der Waals surface area contributed by atoms with Gasteiger partial charge in [0, 0.05) is 20.3 Å². The van der Waals surface area contributed by atoms with Crippen LogP contribution >= 0.6 is 11.6 Å². The Labute approximate surface area is 109 Å². The largest absolute Gasteiger partial charge is 0.324 e. The third-order valence-electron chi connectivity index (χ3n) is 2.30. The second-order valence-corrected chi connectivity index (χ2v) is 5.80. The quantitative estimate of drug-likeness (QED) is 0.877. The number of nitrogens with zero attached hydrogens (tertiary/aromatic N) is 4. The Morgan fingerprint density at radius 2 is 2.17 bits per heavy atom. The van der Waals surface area contributed by atoms with Crippen molar-refractivity contribution in [1.82, 2.24) is 24.1 Å². The topological polar surface area (TPSA) is 81.8 Å². The van der Waals surface area contributed by atoms with Gasteiger partial charge in [-0.15, -0.1) is 0 Å². The van der Waals surface area contributed by atoms with Crippen LogP contribution in [0.1, 0.15) is 5.69 Å². The molecule has 0 fully saturated rings. The molecule has 0 aliphatic carbocycles. The molecule has 2 aromatic rings. The predicted molar refractivity (Wildman–Crippen MR) is 65.5 cm³/mol. The van der Waals surface area contributed by atoms with Gasteiger partial charge in [-0.25, -0.2) is 18.1 Å². The number of aromatic nitrogens is 4. The van der Waals surface area contributed by atoms with Crippen molar-refractivity contribution in [3.05, 3.63) is 29.4 Å². The van der Waals surface area contributed by atoms with Gasteiger partial charge in [-0.2, -0.15) is 5.10 Å². The average molecular weight is 290 g/mol. The zero-order chi connectivity index (χ0) is 13.3. The standard InChI is InChI=1S/C9H12ClN5O2S/c1-14-6-11-9(8(14)10)18(16,17)12-5-7-3-4-15(2)13-7/h3-4,6,12H,5H2,1-2H3. The molecular weight excluding hydrogens is 278 g/mol. The van der Waals surface area contributed by atoms with Gasteiger partial charge in [0.15, 0.2) is 0 Å². The first-order valence-electron chi connectivity index (χ1n) is 5.05. The fourth-order valence-electron chi connectivity index (χ4n) is 1.37. The summed E-state index contributed by atoms with van der Waals surface area (Å²) in [7, 11) is -0.346. The summed E-state index contributed by atoms with van der Waals surface area (Å²) < 4.78 is 29.3. The van der Waals surface area contributed by atoms with Crippen LogP contribution in [0.3, 0.4) is 0 Å². The summed E-state index contributed by atoms with van der Waals surface area (Å²) in [5.74, 6) is 0. The summed E-state index contributed by atoms with van der Waals surface area (Å²) in [6.07, 6.45) is 3.08. The highest BCUT2D eigenvalue weighted by Crippen LogP contribution is 2.18. The first kappa shape index (κ1) is 13.1. The highest BCUT2D eigenvalue weighted by Gasteiger charge is 2.22. The molecule has 0 amide bonds. The molecule has 0 radical (unpaired) electrons. The van der Waals surface area contributed by atoms with E-state index >= 15 is 0 Å². The van der Waals surface area contributed by atoms with Crippen LogP contribution in [-0.2, 0) is 30.7 Å². The minimum atomic E-state index is -3.72. The minimum absolute atomic E-state index is 0.0727. The van der Waals surface area contributed by atoms with Gasteiger partial charge in [-0.1, -0.05) is 11.6 Å². The van der Waals surface area contributed by atoms with Crippen LogP contribution in [0.25, 0.3) is 0 Å². The number of hydrogen-bond donors (Lipinski definition) is 1. The van der Waals surface area contributed by atoms with E-state index in [1.807, 2.05) is 0 Å². The van der Waals surface area contributed by atoms with Crippen LogP contribution in [0.5, 0.6) is 0 Å². The minimum Gasteiger partial charge on any atom is -0.324 e. The monoisotopic (exact) mass is 289 g/mol. The van der Waals surface area contributed by atoms with Crippen LogP contribution in [0.15, 0.2) is 23.6 Å². The van der Waals surface area contributed by atoms with Crippen LogP contribution in [0, 0.1) is 0 Å². The van der Waals surface area contributed by atoms with E-state index in [-0.39, 0.29) is 16.7 Å². The zero-order valence-corrected chi connectivity index (χ0v) is 11.4.